The maximum absolute atomic E-state index is 5.93. The van der Waals surface area contributed by atoms with Gasteiger partial charge in [-0.2, -0.15) is 0 Å². The summed E-state index contributed by atoms with van der Waals surface area (Å²) in [6, 6.07) is 2.01. The van der Waals surface area contributed by atoms with Crippen LogP contribution in [0.4, 0.5) is 0 Å². The van der Waals surface area contributed by atoms with Gasteiger partial charge in [-0.15, -0.1) is 0 Å². The third kappa shape index (κ3) is 1.25. The minimum absolute atomic E-state index is 0.580. The van der Waals surface area contributed by atoms with Crippen LogP contribution in [0.1, 0.15) is 23.5 Å². The van der Waals surface area contributed by atoms with Crippen molar-refractivity contribution in [1.82, 2.24) is 4.98 Å². The monoisotopic (exact) mass is 166 g/mol. The summed E-state index contributed by atoms with van der Waals surface area (Å²) >= 11 is 5.93. The average Bonchev–Trinajstić information content (AvgIpc) is 2.70. The van der Waals surface area contributed by atoms with Gasteiger partial charge in [-0.05, 0) is 42.9 Å². The molecule has 0 amide bonds. The first kappa shape index (κ1) is 7.11. The molecule has 1 unspecified atom stereocenters. The number of hydrogen-bond acceptors (Lipinski definition) is 1. The zero-order chi connectivity index (χ0) is 7.84. The summed E-state index contributed by atoms with van der Waals surface area (Å²) < 4.78 is 0. The molecular weight excluding hydrogens is 158 g/mol. The van der Waals surface area contributed by atoms with Gasteiger partial charge in [-0.1, -0.05) is 11.6 Å². The molecule has 0 spiro atoms. The Kier molecular flexibility index (Phi) is 1.61. The van der Waals surface area contributed by atoms with E-state index in [-0.39, 0.29) is 0 Å². The fourth-order valence-electron chi connectivity index (χ4n) is 1.29. The molecule has 1 aromatic heterocycles. The maximum Gasteiger partial charge on any atom is 0.132 e. The highest BCUT2D eigenvalue weighted by molar-refractivity contribution is 6.30. The summed E-state index contributed by atoms with van der Waals surface area (Å²) in [7, 11) is 0. The zero-order valence-electron chi connectivity index (χ0n) is 6.34. The molecule has 1 nitrogen and oxygen atoms in total. The maximum atomic E-state index is 5.93. The lowest BCUT2D eigenvalue weighted by Crippen LogP contribution is -1.89. The molecule has 1 radical (unpaired) electrons. The SMILES string of the molecule is Cc1ccnc(Cl)c1C1[CH]C1. The van der Waals surface area contributed by atoms with Crippen LogP contribution in [-0.4, -0.2) is 4.98 Å². The highest BCUT2D eigenvalue weighted by Crippen LogP contribution is 2.42. The highest BCUT2D eigenvalue weighted by Gasteiger charge is 2.27. The fourth-order valence-corrected chi connectivity index (χ4v) is 1.63. The Morgan fingerprint density at radius 1 is 1.64 bits per heavy atom. The van der Waals surface area contributed by atoms with E-state index in [1.54, 1.807) is 6.20 Å². The van der Waals surface area contributed by atoms with E-state index in [4.69, 9.17) is 11.6 Å². The molecule has 0 aliphatic heterocycles. The summed E-state index contributed by atoms with van der Waals surface area (Å²) in [5.41, 5.74) is 2.47. The second kappa shape index (κ2) is 2.49. The van der Waals surface area contributed by atoms with E-state index in [2.05, 4.69) is 18.3 Å². The number of hydrogen-bond donors (Lipinski definition) is 0. The molecule has 1 aliphatic rings. The lowest BCUT2D eigenvalue weighted by atomic mass is 10.1. The predicted molar refractivity (Wildman–Crippen MR) is 45.6 cm³/mol. The minimum atomic E-state index is 0.580. The van der Waals surface area contributed by atoms with Crippen molar-refractivity contribution < 1.29 is 0 Å². The number of halogens is 1. The van der Waals surface area contributed by atoms with E-state index in [1.165, 1.54) is 11.1 Å². The molecule has 2 rings (SSSR count). The Labute approximate surface area is 71.4 Å². The van der Waals surface area contributed by atoms with E-state index in [0.29, 0.717) is 11.1 Å². The minimum Gasteiger partial charge on any atom is -0.244 e. The second-order valence-corrected chi connectivity index (χ2v) is 3.27. The van der Waals surface area contributed by atoms with Crippen molar-refractivity contribution in [1.29, 1.82) is 0 Å². The van der Waals surface area contributed by atoms with Gasteiger partial charge >= 0.3 is 0 Å². The fraction of sp³-hybridized carbons (Fsp3) is 0.333. The van der Waals surface area contributed by atoms with Crippen LogP contribution in [0.25, 0.3) is 0 Å². The van der Waals surface area contributed by atoms with Gasteiger partial charge in [-0.3, -0.25) is 0 Å². The van der Waals surface area contributed by atoms with Crippen LogP contribution in [0.15, 0.2) is 12.3 Å². The summed E-state index contributed by atoms with van der Waals surface area (Å²) in [5, 5.41) is 0.670. The number of aromatic nitrogens is 1. The first-order valence-electron chi connectivity index (χ1n) is 3.73. The molecule has 1 fully saturated rings. The van der Waals surface area contributed by atoms with Crippen LogP contribution in [0.3, 0.4) is 0 Å². The Bertz CT molecular complexity index is 259. The highest BCUT2D eigenvalue weighted by atomic mass is 35.5. The topological polar surface area (TPSA) is 12.9 Å². The van der Waals surface area contributed by atoms with Crippen molar-refractivity contribution in [3.05, 3.63) is 35.0 Å². The normalized spacial score (nSPS) is 16.9. The molecule has 0 N–H and O–H groups in total. The summed E-state index contributed by atoms with van der Waals surface area (Å²) in [5.74, 6) is 0.580. The molecule has 0 saturated heterocycles. The first-order valence-corrected chi connectivity index (χ1v) is 4.11. The Morgan fingerprint density at radius 2 is 2.36 bits per heavy atom. The predicted octanol–water partition coefficient (Wildman–Crippen LogP) is 2.74. The third-order valence-electron chi connectivity index (χ3n) is 2.00. The molecule has 2 heteroatoms. The van der Waals surface area contributed by atoms with Crippen molar-refractivity contribution in [2.24, 2.45) is 0 Å². The van der Waals surface area contributed by atoms with E-state index in [9.17, 15) is 0 Å². The van der Waals surface area contributed by atoms with Crippen LogP contribution in [0.5, 0.6) is 0 Å². The molecule has 1 heterocycles. The van der Waals surface area contributed by atoms with E-state index in [1.807, 2.05) is 6.07 Å². The van der Waals surface area contributed by atoms with Crippen LogP contribution < -0.4 is 0 Å². The number of aryl methyl sites for hydroxylation is 1. The van der Waals surface area contributed by atoms with Crippen molar-refractivity contribution in [3.63, 3.8) is 0 Å². The van der Waals surface area contributed by atoms with Crippen molar-refractivity contribution in [2.45, 2.75) is 19.3 Å². The Hall–Kier alpha value is -0.560. The van der Waals surface area contributed by atoms with Crippen molar-refractivity contribution in [3.8, 4) is 0 Å². The number of pyridine rings is 1. The second-order valence-electron chi connectivity index (χ2n) is 2.91. The van der Waals surface area contributed by atoms with E-state index in [0.717, 1.165) is 6.42 Å². The summed E-state index contributed by atoms with van der Waals surface area (Å²) in [6.45, 7) is 2.08. The lowest BCUT2D eigenvalue weighted by molar-refractivity contribution is 1.08. The van der Waals surface area contributed by atoms with Gasteiger partial charge in [0.2, 0.25) is 0 Å². The molecule has 1 aromatic rings. The first-order chi connectivity index (χ1) is 5.29. The molecule has 0 aromatic carbocycles. The quantitative estimate of drug-likeness (QED) is 0.585. The van der Waals surface area contributed by atoms with Crippen LogP contribution in [0.2, 0.25) is 5.15 Å². The van der Waals surface area contributed by atoms with Gasteiger partial charge in [0.05, 0.1) is 0 Å². The molecule has 11 heavy (non-hydrogen) atoms. The van der Waals surface area contributed by atoms with E-state index < -0.39 is 0 Å². The van der Waals surface area contributed by atoms with Crippen LogP contribution in [-0.2, 0) is 0 Å². The van der Waals surface area contributed by atoms with Gasteiger partial charge in [0, 0.05) is 6.20 Å². The molecular formula is C9H9ClN. The van der Waals surface area contributed by atoms with Gasteiger partial charge in [0.1, 0.15) is 5.15 Å². The van der Waals surface area contributed by atoms with Crippen molar-refractivity contribution in [2.75, 3.05) is 0 Å². The van der Waals surface area contributed by atoms with Gasteiger partial charge < -0.3 is 0 Å². The molecule has 1 aliphatic carbocycles. The van der Waals surface area contributed by atoms with Gasteiger partial charge in [0.25, 0.3) is 0 Å². The smallest absolute Gasteiger partial charge is 0.132 e. The van der Waals surface area contributed by atoms with E-state index >= 15 is 0 Å². The van der Waals surface area contributed by atoms with Crippen LogP contribution in [0, 0.1) is 13.3 Å². The molecule has 1 saturated carbocycles. The number of rotatable bonds is 1. The third-order valence-corrected chi connectivity index (χ3v) is 2.30. The summed E-state index contributed by atoms with van der Waals surface area (Å²) in [4.78, 5) is 4.05. The van der Waals surface area contributed by atoms with Crippen LogP contribution >= 0.6 is 11.6 Å². The molecule has 1 atom stereocenters. The Morgan fingerprint density at radius 3 is 2.91 bits per heavy atom. The number of nitrogens with zero attached hydrogens (tertiary/aromatic N) is 1. The van der Waals surface area contributed by atoms with Crippen molar-refractivity contribution >= 4 is 11.6 Å². The largest absolute Gasteiger partial charge is 0.244 e. The molecule has 0 bridgehead atoms. The molecule has 57 valence electrons. The van der Waals surface area contributed by atoms with Gasteiger partial charge in [0.15, 0.2) is 0 Å². The zero-order valence-corrected chi connectivity index (χ0v) is 7.10. The summed E-state index contributed by atoms with van der Waals surface area (Å²) in [6.07, 6.45) is 5.16. The Balaban J connectivity index is 2.48. The lowest BCUT2D eigenvalue weighted by Gasteiger charge is -2.03. The van der Waals surface area contributed by atoms with Gasteiger partial charge in [-0.25, -0.2) is 4.98 Å². The standard InChI is InChI=1S/C9H9ClN/c1-6-4-5-11-9(10)8(6)7-2-3-7/h2,4-5,7H,3H2,1H3. The average molecular weight is 167 g/mol.